The van der Waals surface area contributed by atoms with E-state index < -0.39 is 0 Å². The molecule has 0 N–H and O–H groups in total. The number of pyridine rings is 1. The first-order valence-corrected chi connectivity index (χ1v) is 5.60. The molecular formula is C13H9N5O. The number of hydrogen-bond acceptors (Lipinski definition) is 5. The van der Waals surface area contributed by atoms with Crippen LogP contribution in [0.1, 0.15) is 5.56 Å². The monoisotopic (exact) mass is 251 g/mol. The lowest BCUT2D eigenvalue weighted by Crippen LogP contribution is -1.89. The molecule has 0 amide bonds. The fourth-order valence-corrected chi connectivity index (χ4v) is 1.76. The number of hydrogen-bond donors (Lipinski definition) is 0. The van der Waals surface area contributed by atoms with Gasteiger partial charge in [0, 0.05) is 19.4 Å². The Labute approximate surface area is 108 Å². The van der Waals surface area contributed by atoms with Crippen LogP contribution in [0.2, 0.25) is 0 Å². The Morgan fingerprint density at radius 1 is 1.37 bits per heavy atom. The van der Waals surface area contributed by atoms with Crippen LogP contribution in [0.15, 0.2) is 41.2 Å². The average molecular weight is 251 g/mol. The van der Waals surface area contributed by atoms with Crippen LogP contribution >= 0.6 is 0 Å². The summed E-state index contributed by atoms with van der Waals surface area (Å²) in [5.41, 5.74) is 1.90. The molecule has 6 heteroatoms. The van der Waals surface area contributed by atoms with E-state index in [-0.39, 0.29) is 0 Å². The van der Waals surface area contributed by atoms with Gasteiger partial charge in [-0.2, -0.15) is 10.2 Å². The van der Waals surface area contributed by atoms with Gasteiger partial charge in [-0.1, -0.05) is 11.2 Å². The maximum Gasteiger partial charge on any atom is 0.274 e. The Balaban J connectivity index is 2.02. The summed E-state index contributed by atoms with van der Waals surface area (Å²) >= 11 is 0. The minimum absolute atomic E-state index is 0.365. The van der Waals surface area contributed by atoms with E-state index in [1.165, 1.54) is 0 Å². The van der Waals surface area contributed by atoms with E-state index in [2.05, 4.69) is 21.2 Å². The quantitative estimate of drug-likeness (QED) is 0.695. The van der Waals surface area contributed by atoms with Crippen LogP contribution in [-0.2, 0) is 7.05 Å². The maximum absolute atomic E-state index is 8.87. The zero-order valence-electron chi connectivity index (χ0n) is 10.1. The highest BCUT2D eigenvalue weighted by atomic mass is 16.5. The number of aryl methyl sites for hydroxylation is 1. The van der Waals surface area contributed by atoms with Crippen molar-refractivity contribution >= 4 is 0 Å². The van der Waals surface area contributed by atoms with Crippen LogP contribution in [0.25, 0.3) is 23.1 Å². The van der Waals surface area contributed by atoms with E-state index >= 15 is 0 Å². The van der Waals surface area contributed by atoms with Gasteiger partial charge >= 0.3 is 0 Å². The molecule has 0 aliphatic heterocycles. The van der Waals surface area contributed by atoms with Gasteiger partial charge in [-0.15, -0.1) is 0 Å². The van der Waals surface area contributed by atoms with E-state index in [0.717, 1.165) is 0 Å². The van der Waals surface area contributed by atoms with Crippen molar-refractivity contribution in [1.29, 1.82) is 5.26 Å². The van der Waals surface area contributed by atoms with Crippen molar-refractivity contribution in [2.45, 2.75) is 0 Å². The molecule has 0 aliphatic carbocycles. The van der Waals surface area contributed by atoms with Crippen LogP contribution in [0.3, 0.4) is 0 Å². The zero-order valence-corrected chi connectivity index (χ0v) is 10.1. The third kappa shape index (κ3) is 1.98. The molecule has 0 radical (unpaired) electrons. The van der Waals surface area contributed by atoms with E-state index in [1.807, 2.05) is 19.2 Å². The summed E-state index contributed by atoms with van der Waals surface area (Å²) in [5.74, 6) is 0.792. The molecule has 0 saturated carbocycles. The highest BCUT2D eigenvalue weighted by Gasteiger charge is 2.14. The second kappa shape index (κ2) is 4.38. The van der Waals surface area contributed by atoms with Crippen molar-refractivity contribution in [3.05, 3.63) is 42.2 Å². The molecule has 3 rings (SSSR count). The zero-order chi connectivity index (χ0) is 13.2. The van der Waals surface area contributed by atoms with E-state index in [0.29, 0.717) is 28.7 Å². The Morgan fingerprint density at radius 3 is 2.95 bits per heavy atom. The van der Waals surface area contributed by atoms with Crippen LogP contribution in [0, 0.1) is 11.3 Å². The van der Waals surface area contributed by atoms with Crippen LogP contribution in [-0.4, -0.2) is 19.7 Å². The molecule has 92 valence electrons. The van der Waals surface area contributed by atoms with E-state index in [4.69, 9.17) is 9.78 Å². The molecule has 0 unspecified atom stereocenters. The summed E-state index contributed by atoms with van der Waals surface area (Å²) in [5, 5.41) is 12.8. The normalized spacial score (nSPS) is 10.3. The van der Waals surface area contributed by atoms with Gasteiger partial charge in [0.15, 0.2) is 0 Å². The summed E-state index contributed by atoms with van der Waals surface area (Å²) < 4.78 is 6.98. The van der Waals surface area contributed by atoms with Crippen molar-refractivity contribution in [1.82, 2.24) is 19.7 Å². The Hall–Kier alpha value is -2.94. The van der Waals surface area contributed by atoms with Gasteiger partial charge in [-0.25, -0.2) is 0 Å². The maximum atomic E-state index is 8.87. The first-order chi connectivity index (χ1) is 9.28. The number of nitrogens with zero attached hydrogens (tertiary/aromatic N) is 5. The summed E-state index contributed by atoms with van der Waals surface area (Å²) in [6, 6.07) is 9.26. The van der Waals surface area contributed by atoms with Crippen LogP contribution in [0.5, 0.6) is 0 Å². The second-order valence-corrected chi connectivity index (χ2v) is 3.97. The fraction of sp³-hybridized carbons (Fsp3) is 0.0769. The molecule has 3 aromatic rings. The summed E-state index contributed by atoms with van der Waals surface area (Å²) in [7, 11) is 1.82. The van der Waals surface area contributed by atoms with Gasteiger partial charge in [-0.05, 0) is 18.2 Å². The molecule has 3 heterocycles. The molecule has 0 bridgehead atoms. The highest BCUT2D eigenvalue weighted by Crippen LogP contribution is 2.22. The minimum Gasteiger partial charge on any atom is -0.345 e. The predicted molar refractivity (Wildman–Crippen MR) is 66.7 cm³/mol. The standard InChI is InChI=1S/C13H9N5O/c1-18-8-9(7-14)6-11(18)13-16-12(17-19-13)10-4-2-3-5-15-10/h2-6,8H,1H3. The fourth-order valence-electron chi connectivity index (χ4n) is 1.76. The molecule has 0 atom stereocenters. The summed E-state index contributed by atoms with van der Waals surface area (Å²) in [6.45, 7) is 0. The smallest absolute Gasteiger partial charge is 0.274 e. The van der Waals surface area contributed by atoms with Crippen molar-refractivity contribution in [3.63, 3.8) is 0 Å². The molecule has 3 aromatic heterocycles. The van der Waals surface area contributed by atoms with Gasteiger partial charge in [0.25, 0.3) is 5.89 Å². The third-order valence-corrected chi connectivity index (χ3v) is 2.67. The van der Waals surface area contributed by atoms with Crippen molar-refractivity contribution in [3.8, 4) is 29.2 Å². The van der Waals surface area contributed by atoms with E-state index in [9.17, 15) is 0 Å². The van der Waals surface area contributed by atoms with Gasteiger partial charge in [0.2, 0.25) is 5.82 Å². The Kier molecular flexibility index (Phi) is 2.58. The first kappa shape index (κ1) is 11.2. The van der Waals surface area contributed by atoms with Gasteiger partial charge in [0.1, 0.15) is 17.5 Å². The molecule has 0 aliphatic rings. The number of nitriles is 1. The van der Waals surface area contributed by atoms with Gasteiger partial charge in [0.05, 0.1) is 5.56 Å². The minimum atomic E-state index is 0.365. The van der Waals surface area contributed by atoms with Crippen molar-refractivity contribution < 1.29 is 4.52 Å². The van der Waals surface area contributed by atoms with Crippen molar-refractivity contribution in [2.75, 3.05) is 0 Å². The SMILES string of the molecule is Cn1cc(C#N)cc1-c1nc(-c2ccccn2)no1. The molecule has 0 fully saturated rings. The molecule has 19 heavy (non-hydrogen) atoms. The Bertz CT molecular complexity index is 751. The Morgan fingerprint density at radius 2 is 2.26 bits per heavy atom. The molecule has 0 aromatic carbocycles. The second-order valence-electron chi connectivity index (χ2n) is 3.97. The summed E-state index contributed by atoms with van der Waals surface area (Å²) in [6.07, 6.45) is 3.38. The molecule has 0 saturated heterocycles. The predicted octanol–water partition coefficient (Wildman–Crippen LogP) is 2.01. The van der Waals surface area contributed by atoms with Crippen LogP contribution < -0.4 is 0 Å². The lowest BCUT2D eigenvalue weighted by atomic mass is 10.3. The summed E-state index contributed by atoms with van der Waals surface area (Å²) in [4.78, 5) is 8.44. The lowest BCUT2D eigenvalue weighted by Gasteiger charge is -1.94. The topological polar surface area (TPSA) is 80.5 Å². The van der Waals surface area contributed by atoms with Crippen LogP contribution in [0.4, 0.5) is 0 Å². The molecular weight excluding hydrogens is 242 g/mol. The largest absolute Gasteiger partial charge is 0.345 e. The van der Waals surface area contributed by atoms with Gasteiger partial charge in [-0.3, -0.25) is 4.98 Å². The van der Waals surface area contributed by atoms with Crippen molar-refractivity contribution in [2.24, 2.45) is 7.05 Å². The molecule has 6 nitrogen and oxygen atoms in total. The lowest BCUT2D eigenvalue weighted by molar-refractivity contribution is 0.429. The number of rotatable bonds is 2. The highest BCUT2D eigenvalue weighted by molar-refractivity contribution is 5.56. The third-order valence-electron chi connectivity index (χ3n) is 2.67. The molecule has 0 spiro atoms. The van der Waals surface area contributed by atoms with E-state index in [1.54, 1.807) is 29.1 Å². The number of aromatic nitrogens is 4. The van der Waals surface area contributed by atoms with Gasteiger partial charge < -0.3 is 9.09 Å². The average Bonchev–Trinajstić information content (AvgIpc) is 3.06. The first-order valence-electron chi connectivity index (χ1n) is 5.60.